The van der Waals surface area contributed by atoms with Gasteiger partial charge >= 0.3 is 0 Å². The summed E-state index contributed by atoms with van der Waals surface area (Å²) in [5.74, 6) is 0. The van der Waals surface area contributed by atoms with E-state index in [0.717, 1.165) is 12.8 Å². The molecule has 0 amide bonds. The molecular weight excluding hydrogens is 162 g/mol. The average Bonchev–Trinajstić information content (AvgIpc) is 2.18. The van der Waals surface area contributed by atoms with Crippen molar-refractivity contribution in [1.82, 2.24) is 5.48 Å². The Morgan fingerprint density at radius 3 is 2.85 bits per heavy atom. The van der Waals surface area contributed by atoms with E-state index in [0.29, 0.717) is 6.04 Å². The van der Waals surface area contributed by atoms with Crippen LogP contribution in [-0.2, 0) is 17.7 Å². The number of aryl methyl sites for hydroxylation is 1. The fourth-order valence-corrected chi connectivity index (χ4v) is 1.97. The summed E-state index contributed by atoms with van der Waals surface area (Å²) >= 11 is 0. The maximum atomic E-state index is 4.95. The molecule has 0 aliphatic heterocycles. The largest absolute Gasteiger partial charge is 0.305 e. The first-order valence-electron chi connectivity index (χ1n) is 4.75. The number of hydrogen-bond acceptors (Lipinski definition) is 2. The van der Waals surface area contributed by atoms with E-state index in [1.807, 2.05) is 0 Å². The Bertz CT molecular complexity index is 285. The van der Waals surface area contributed by atoms with Crippen molar-refractivity contribution >= 4 is 0 Å². The van der Waals surface area contributed by atoms with Crippen molar-refractivity contribution in [2.45, 2.75) is 25.3 Å². The minimum absolute atomic E-state index is 0.486. The lowest BCUT2D eigenvalue weighted by molar-refractivity contribution is 0.0565. The number of rotatable bonds is 2. The highest BCUT2D eigenvalue weighted by atomic mass is 16.6. The van der Waals surface area contributed by atoms with Gasteiger partial charge in [0, 0.05) is 6.04 Å². The Hall–Kier alpha value is -0.860. The Kier molecular flexibility index (Phi) is 2.62. The predicted molar refractivity (Wildman–Crippen MR) is 52.4 cm³/mol. The normalized spacial score (nSPS) is 21.2. The van der Waals surface area contributed by atoms with Gasteiger partial charge in [0.2, 0.25) is 0 Å². The highest BCUT2D eigenvalue weighted by molar-refractivity contribution is 5.30. The standard InChI is InChI=1S/C11H15NO/c1-13-12-11-7-6-9-4-2-3-5-10(9)8-11/h2-5,11-12H,6-8H2,1H3. The second-order valence-corrected chi connectivity index (χ2v) is 3.53. The topological polar surface area (TPSA) is 21.3 Å². The van der Waals surface area contributed by atoms with Gasteiger partial charge in [-0.1, -0.05) is 24.3 Å². The molecule has 1 atom stereocenters. The maximum absolute atomic E-state index is 4.95. The van der Waals surface area contributed by atoms with Gasteiger partial charge in [0.25, 0.3) is 0 Å². The van der Waals surface area contributed by atoms with E-state index in [-0.39, 0.29) is 0 Å². The summed E-state index contributed by atoms with van der Waals surface area (Å²) in [4.78, 5) is 4.95. The van der Waals surface area contributed by atoms with Crippen LogP contribution in [0.4, 0.5) is 0 Å². The van der Waals surface area contributed by atoms with Crippen molar-refractivity contribution in [3.05, 3.63) is 35.4 Å². The molecule has 1 aliphatic rings. The van der Waals surface area contributed by atoms with E-state index in [2.05, 4.69) is 29.7 Å². The van der Waals surface area contributed by atoms with Crippen molar-refractivity contribution in [3.8, 4) is 0 Å². The number of hydrogen-bond donors (Lipinski definition) is 1. The second kappa shape index (κ2) is 3.90. The summed E-state index contributed by atoms with van der Waals surface area (Å²) < 4.78 is 0. The van der Waals surface area contributed by atoms with Gasteiger partial charge < -0.3 is 4.84 Å². The molecule has 2 nitrogen and oxygen atoms in total. The highest BCUT2D eigenvalue weighted by Crippen LogP contribution is 2.20. The molecule has 0 spiro atoms. The quantitative estimate of drug-likeness (QED) is 0.694. The van der Waals surface area contributed by atoms with Crippen LogP contribution in [0.15, 0.2) is 24.3 Å². The minimum atomic E-state index is 0.486. The van der Waals surface area contributed by atoms with Crippen molar-refractivity contribution in [2.75, 3.05) is 7.11 Å². The monoisotopic (exact) mass is 177 g/mol. The van der Waals surface area contributed by atoms with Crippen LogP contribution in [0, 0.1) is 0 Å². The van der Waals surface area contributed by atoms with E-state index < -0.39 is 0 Å². The molecule has 2 rings (SSSR count). The van der Waals surface area contributed by atoms with Crippen LogP contribution in [0.1, 0.15) is 17.5 Å². The Balaban J connectivity index is 2.11. The zero-order chi connectivity index (χ0) is 9.10. The summed E-state index contributed by atoms with van der Waals surface area (Å²) in [5, 5.41) is 0. The van der Waals surface area contributed by atoms with E-state index >= 15 is 0 Å². The van der Waals surface area contributed by atoms with E-state index in [1.165, 1.54) is 17.5 Å². The molecule has 0 saturated heterocycles. The van der Waals surface area contributed by atoms with Crippen LogP contribution >= 0.6 is 0 Å². The van der Waals surface area contributed by atoms with Gasteiger partial charge in [-0.2, -0.15) is 5.48 Å². The van der Waals surface area contributed by atoms with Gasteiger partial charge in [0.05, 0.1) is 7.11 Å². The summed E-state index contributed by atoms with van der Waals surface area (Å²) in [6.07, 6.45) is 3.42. The first-order chi connectivity index (χ1) is 6.40. The Labute approximate surface area is 78.9 Å². The number of nitrogens with one attached hydrogen (secondary N) is 1. The molecule has 70 valence electrons. The predicted octanol–water partition coefficient (Wildman–Crippen LogP) is 1.69. The molecule has 0 heterocycles. The molecule has 0 radical (unpaired) electrons. The lowest BCUT2D eigenvalue weighted by atomic mass is 9.89. The molecule has 1 aromatic carbocycles. The molecule has 1 aliphatic carbocycles. The molecule has 1 aromatic rings. The van der Waals surface area contributed by atoms with Crippen molar-refractivity contribution in [3.63, 3.8) is 0 Å². The molecule has 1 N–H and O–H groups in total. The SMILES string of the molecule is CONC1CCc2ccccc2C1. The summed E-state index contributed by atoms with van der Waals surface area (Å²) in [5.41, 5.74) is 5.98. The summed E-state index contributed by atoms with van der Waals surface area (Å²) in [7, 11) is 1.68. The van der Waals surface area contributed by atoms with Gasteiger partial charge in [-0.05, 0) is 30.4 Å². The molecular formula is C11H15NO. The number of hydroxylamine groups is 1. The number of benzene rings is 1. The van der Waals surface area contributed by atoms with Gasteiger partial charge in [-0.3, -0.25) is 0 Å². The molecule has 13 heavy (non-hydrogen) atoms. The Morgan fingerprint density at radius 1 is 1.31 bits per heavy atom. The lowest BCUT2D eigenvalue weighted by Gasteiger charge is -2.24. The third-order valence-electron chi connectivity index (χ3n) is 2.63. The van der Waals surface area contributed by atoms with Crippen LogP contribution in [-0.4, -0.2) is 13.2 Å². The summed E-state index contributed by atoms with van der Waals surface area (Å²) in [6.45, 7) is 0. The smallest absolute Gasteiger partial charge is 0.0572 e. The first-order valence-corrected chi connectivity index (χ1v) is 4.75. The molecule has 0 aromatic heterocycles. The molecule has 2 heteroatoms. The van der Waals surface area contributed by atoms with Crippen LogP contribution < -0.4 is 5.48 Å². The fourth-order valence-electron chi connectivity index (χ4n) is 1.97. The second-order valence-electron chi connectivity index (χ2n) is 3.53. The molecule has 0 bridgehead atoms. The van der Waals surface area contributed by atoms with Crippen molar-refractivity contribution in [2.24, 2.45) is 0 Å². The summed E-state index contributed by atoms with van der Waals surface area (Å²) in [6, 6.07) is 9.13. The third-order valence-corrected chi connectivity index (χ3v) is 2.63. The van der Waals surface area contributed by atoms with Crippen LogP contribution in [0.5, 0.6) is 0 Å². The van der Waals surface area contributed by atoms with Gasteiger partial charge in [0.15, 0.2) is 0 Å². The van der Waals surface area contributed by atoms with E-state index in [9.17, 15) is 0 Å². The van der Waals surface area contributed by atoms with Crippen molar-refractivity contribution in [1.29, 1.82) is 0 Å². The van der Waals surface area contributed by atoms with E-state index in [4.69, 9.17) is 4.84 Å². The molecule has 0 saturated carbocycles. The fraction of sp³-hybridized carbons (Fsp3) is 0.455. The van der Waals surface area contributed by atoms with E-state index in [1.54, 1.807) is 7.11 Å². The highest BCUT2D eigenvalue weighted by Gasteiger charge is 2.17. The Morgan fingerprint density at radius 2 is 2.08 bits per heavy atom. The van der Waals surface area contributed by atoms with Crippen LogP contribution in [0.3, 0.4) is 0 Å². The van der Waals surface area contributed by atoms with Gasteiger partial charge in [-0.25, -0.2) is 0 Å². The van der Waals surface area contributed by atoms with Crippen LogP contribution in [0.2, 0.25) is 0 Å². The zero-order valence-electron chi connectivity index (χ0n) is 7.92. The van der Waals surface area contributed by atoms with Crippen molar-refractivity contribution < 1.29 is 4.84 Å². The van der Waals surface area contributed by atoms with Crippen LogP contribution in [0.25, 0.3) is 0 Å². The maximum Gasteiger partial charge on any atom is 0.0572 e. The minimum Gasteiger partial charge on any atom is -0.305 e. The molecule has 1 unspecified atom stereocenters. The van der Waals surface area contributed by atoms with Gasteiger partial charge in [-0.15, -0.1) is 0 Å². The zero-order valence-corrected chi connectivity index (χ0v) is 7.92. The number of fused-ring (bicyclic) bond motifs is 1. The average molecular weight is 177 g/mol. The first kappa shape index (κ1) is 8.73. The lowest BCUT2D eigenvalue weighted by Crippen LogP contribution is -2.33. The molecule has 0 fully saturated rings. The third kappa shape index (κ3) is 1.90. The van der Waals surface area contributed by atoms with Gasteiger partial charge in [0.1, 0.15) is 0 Å².